The first-order valence-electron chi connectivity index (χ1n) is 7.00. The molecular formula is C15H20BrN3O2. The topological polar surface area (TPSA) is 52.7 Å². The predicted molar refractivity (Wildman–Crippen MR) is 85.3 cm³/mol. The van der Waals surface area contributed by atoms with E-state index in [9.17, 15) is 9.59 Å². The number of carbonyl (C=O) groups excluding carboxylic acids is 2. The molecule has 0 unspecified atom stereocenters. The van der Waals surface area contributed by atoms with Gasteiger partial charge in [-0.2, -0.15) is 0 Å². The normalized spacial score (nSPS) is 15.7. The smallest absolute Gasteiger partial charge is 0.319 e. The van der Waals surface area contributed by atoms with Gasteiger partial charge in [0.1, 0.15) is 0 Å². The van der Waals surface area contributed by atoms with Crippen molar-refractivity contribution in [2.75, 3.05) is 27.2 Å². The Labute approximate surface area is 133 Å². The fraction of sp³-hybridized carbons (Fsp3) is 0.467. The molecule has 5 nitrogen and oxygen atoms in total. The molecule has 0 radical (unpaired) electrons. The number of hydrogen-bond donors (Lipinski definition) is 1. The van der Waals surface area contributed by atoms with Crippen molar-refractivity contribution in [3.8, 4) is 0 Å². The van der Waals surface area contributed by atoms with E-state index in [1.54, 1.807) is 31.1 Å². The standard InChI is InChI=1S/C15H20BrN3O2/c1-18(2)15(21)19-8-6-13(7-9-19)17-14(20)11-4-3-5-12(16)10-11/h3-5,10,13H,6-9H2,1-2H3,(H,17,20). The van der Waals surface area contributed by atoms with Crippen LogP contribution >= 0.6 is 15.9 Å². The third-order valence-corrected chi connectivity index (χ3v) is 4.06. The summed E-state index contributed by atoms with van der Waals surface area (Å²) in [6.07, 6.45) is 1.58. The van der Waals surface area contributed by atoms with E-state index in [1.807, 2.05) is 17.0 Å². The summed E-state index contributed by atoms with van der Waals surface area (Å²) in [7, 11) is 3.51. The number of hydrogen-bond acceptors (Lipinski definition) is 2. The molecule has 1 aliphatic heterocycles. The van der Waals surface area contributed by atoms with Gasteiger partial charge >= 0.3 is 6.03 Å². The SMILES string of the molecule is CN(C)C(=O)N1CCC(NC(=O)c2cccc(Br)c2)CC1. The number of benzene rings is 1. The maximum Gasteiger partial charge on any atom is 0.319 e. The molecule has 0 bridgehead atoms. The van der Waals surface area contributed by atoms with Crippen LogP contribution in [0.1, 0.15) is 23.2 Å². The van der Waals surface area contributed by atoms with Gasteiger partial charge in [0.15, 0.2) is 0 Å². The predicted octanol–water partition coefficient (Wildman–Crippen LogP) is 2.32. The van der Waals surface area contributed by atoms with Gasteiger partial charge in [-0.25, -0.2) is 4.79 Å². The number of piperidine rings is 1. The Bertz CT molecular complexity index is 525. The number of nitrogens with one attached hydrogen (secondary N) is 1. The Morgan fingerprint density at radius 2 is 1.95 bits per heavy atom. The number of nitrogens with zero attached hydrogens (tertiary/aromatic N) is 2. The van der Waals surface area contributed by atoms with Crippen LogP contribution in [0, 0.1) is 0 Å². The molecule has 0 aliphatic carbocycles. The summed E-state index contributed by atoms with van der Waals surface area (Å²) >= 11 is 3.36. The molecule has 6 heteroatoms. The zero-order chi connectivity index (χ0) is 15.4. The van der Waals surface area contributed by atoms with Crippen LogP contribution in [0.25, 0.3) is 0 Å². The number of amides is 3. The molecule has 0 aromatic heterocycles. The Morgan fingerprint density at radius 3 is 2.52 bits per heavy atom. The fourth-order valence-corrected chi connectivity index (χ4v) is 2.80. The zero-order valence-electron chi connectivity index (χ0n) is 12.3. The molecule has 21 heavy (non-hydrogen) atoms. The van der Waals surface area contributed by atoms with Gasteiger partial charge in [0.2, 0.25) is 0 Å². The molecule has 1 aromatic carbocycles. The first-order chi connectivity index (χ1) is 9.97. The summed E-state index contributed by atoms with van der Waals surface area (Å²) in [6.45, 7) is 1.36. The molecule has 0 saturated carbocycles. The minimum absolute atomic E-state index is 0.0340. The highest BCUT2D eigenvalue weighted by Crippen LogP contribution is 2.14. The maximum absolute atomic E-state index is 12.2. The first kappa shape index (κ1) is 15.8. The second kappa shape index (κ2) is 6.93. The lowest BCUT2D eigenvalue weighted by molar-refractivity contribution is 0.0914. The van der Waals surface area contributed by atoms with Crippen molar-refractivity contribution in [3.63, 3.8) is 0 Å². The van der Waals surface area contributed by atoms with Crippen LogP contribution in [0.2, 0.25) is 0 Å². The molecule has 1 aliphatic rings. The van der Waals surface area contributed by atoms with Gasteiger partial charge < -0.3 is 15.1 Å². The van der Waals surface area contributed by atoms with Gasteiger partial charge in [-0.1, -0.05) is 22.0 Å². The van der Waals surface area contributed by atoms with E-state index in [2.05, 4.69) is 21.2 Å². The summed E-state index contributed by atoms with van der Waals surface area (Å²) in [5.41, 5.74) is 0.649. The summed E-state index contributed by atoms with van der Waals surface area (Å²) < 4.78 is 0.890. The van der Waals surface area contributed by atoms with E-state index in [1.165, 1.54) is 0 Å². The highest BCUT2D eigenvalue weighted by atomic mass is 79.9. The molecule has 1 fully saturated rings. The molecule has 0 atom stereocenters. The van der Waals surface area contributed by atoms with Crippen LogP contribution < -0.4 is 5.32 Å². The number of rotatable bonds is 2. The van der Waals surface area contributed by atoms with Crippen molar-refractivity contribution < 1.29 is 9.59 Å². The Hall–Kier alpha value is -1.56. The van der Waals surface area contributed by atoms with Crippen LogP contribution in [0.3, 0.4) is 0 Å². The van der Waals surface area contributed by atoms with Crippen LogP contribution in [0.5, 0.6) is 0 Å². The second-order valence-corrected chi connectivity index (χ2v) is 6.34. The monoisotopic (exact) mass is 353 g/mol. The third kappa shape index (κ3) is 4.20. The molecule has 1 aromatic rings. The van der Waals surface area contributed by atoms with E-state index < -0.39 is 0 Å². The third-order valence-electron chi connectivity index (χ3n) is 3.57. The lowest BCUT2D eigenvalue weighted by atomic mass is 10.0. The number of likely N-dealkylation sites (tertiary alicyclic amines) is 1. The van der Waals surface area contributed by atoms with Crippen molar-refractivity contribution in [2.45, 2.75) is 18.9 Å². The molecule has 114 valence electrons. The number of halogens is 1. The highest BCUT2D eigenvalue weighted by molar-refractivity contribution is 9.10. The van der Waals surface area contributed by atoms with Crippen molar-refractivity contribution in [1.29, 1.82) is 0 Å². The van der Waals surface area contributed by atoms with Gasteiger partial charge in [0.25, 0.3) is 5.91 Å². The Morgan fingerprint density at radius 1 is 1.29 bits per heavy atom. The lowest BCUT2D eigenvalue weighted by Crippen LogP contribution is -2.49. The first-order valence-corrected chi connectivity index (χ1v) is 7.79. The molecule has 1 saturated heterocycles. The van der Waals surface area contributed by atoms with E-state index in [-0.39, 0.29) is 18.0 Å². The largest absolute Gasteiger partial charge is 0.349 e. The second-order valence-electron chi connectivity index (χ2n) is 5.42. The molecule has 1 N–H and O–H groups in total. The van der Waals surface area contributed by atoms with Crippen LogP contribution in [0.4, 0.5) is 4.79 Å². The van der Waals surface area contributed by atoms with Crippen molar-refractivity contribution in [3.05, 3.63) is 34.3 Å². The van der Waals surface area contributed by atoms with E-state index in [0.29, 0.717) is 18.7 Å². The maximum atomic E-state index is 12.2. The van der Waals surface area contributed by atoms with Gasteiger partial charge in [-0.15, -0.1) is 0 Å². The lowest BCUT2D eigenvalue weighted by Gasteiger charge is -2.33. The molecule has 2 rings (SSSR count). The molecular weight excluding hydrogens is 334 g/mol. The van der Waals surface area contributed by atoms with Gasteiger partial charge in [0, 0.05) is 43.3 Å². The van der Waals surface area contributed by atoms with Crippen LogP contribution in [0.15, 0.2) is 28.7 Å². The van der Waals surface area contributed by atoms with E-state index in [0.717, 1.165) is 17.3 Å². The average Bonchev–Trinajstić information content (AvgIpc) is 2.47. The number of carbonyl (C=O) groups is 2. The minimum atomic E-state index is -0.0614. The zero-order valence-corrected chi connectivity index (χ0v) is 13.9. The van der Waals surface area contributed by atoms with Crippen LogP contribution in [-0.2, 0) is 0 Å². The van der Waals surface area contributed by atoms with Crippen molar-refractivity contribution in [2.24, 2.45) is 0 Å². The molecule has 1 heterocycles. The van der Waals surface area contributed by atoms with Gasteiger partial charge in [-0.05, 0) is 31.0 Å². The summed E-state index contributed by atoms with van der Waals surface area (Å²) in [4.78, 5) is 27.4. The van der Waals surface area contributed by atoms with Gasteiger partial charge in [0.05, 0.1) is 0 Å². The fourth-order valence-electron chi connectivity index (χ4n) is 2.40. The highest BCUT2D eigenvalue weighted by Gasteiger charge is 2.24. The summed E-state index contributed by atoms with van der Waals surface area (Å²) in [5, 5.41) is 3.04. The Balaban J connectivity index is 1.86. The average molecular weight is 354 g/mol. The minimum Gasteiger partial charge on any atom is -0.349 e. The molecule has 0 spiro atoms. The summed E-state index contributed by atoms with van der Waals surface area (Å²) in [5.74, 6) is -0.0614. The van der Waals surface area contributed by atoms with Crippen LogP contribution in [-0.4, -0.2) is 55.0 Å². The number of urea groups is 1. The van der Waals surface area contributed by atoms with E-state index in [4.69, 9.17) is 0 Å². The Kier molecular flexibility index (Phi) is 5.22. The van der Waals surface area contributed by atoms with Crippen molar-refractivity contribution in [1.82, 2.24) is 15.1 Å². The molecule has 3 amide bonds. The quantitative estimate of drug-likeness (QED) is 0.886. The van der Waals surface area contributed by atoms with Gasteiger partial charge in [-0.3, -0.25) is 4.79 Å². The summed E-state index contributed by atoms with van der Waals surface area (Å²) in [6, 6.07) is 7.50. The van der Waals surface area contributed by atoms with E-state index >= 15 is 0 Å². The van der Waals surface area contributed by atoms with Crippen molar-refractivity contribution >= 4 is 27.9 Å².